The molecule has 0 aliphatic rings. The van der Waals surface area contributed by atoms with E-state index in [2.05, 4.69) is 15.8 Å². The molecule has 0 spiro atoms. The fraction of sp³-hybridized carbons (Fsp3) is 0.222. The number of para-hydroxylation sites is 1. The monoisotopic (exact) mass is 327 g/mol. The molecule has 3 N–H and O–H groups in total. The molecule has 1 amide bonds. The second-order valence-electron chi connectivity index (χ2n) is 5.34. The van der Waals surface area contributed by atoms with Crippen LogP contribution in [-0.2, 0) is 4.79 Å². The zero-order chi connectivity index (χ0) is 17.5. The average Bonchev–Trinajstić information content (AvgIpc) is 2.58. The molecule has 0 aromatic heterocycles. The number of nitrogens with zero attached hydrogens (tertiary/aromatic N) is 1. The Morgan fingerprint density at radius 1 is 1.29 bits per heavy atom. The normalized spacial score (nSPS) is 12.0. The Hall–Kier alpha value is -3.02. The predicted octanol–water partition coefficient (Wildman–Crippen LogP) is 2.66. The minimum Gasteiger partial charge on any atom is -0.507 e. The molecule has 0 heterocycles. The third-order valence-electron chi connectivity index (χ3n) is 3.52. The number of carbonyl (C=O) groups excluding carboxylic acids is 1. The van der Waals surface area contributed by atoms with Crippen LogP contribution in [0, 0.1) is 6.92 Å². The highest BCUT2D eigenvalue weighted by Crippen LogP contribution is 2.21. The van der Waals surface area contributed by atoms with Crippen LogP contribution in [-0.4, -0.2) is 30.4 Å². The minimum atomic E-state index is -0.456. The number of phenols is 1. The van der Waals surface area contributed by atoms with E-state index in [1.807, 2.05) is 31.2 Å². The van der Waals surface area contributed by atoms with Crippen LogP contribution < -0.4 is 15.5 Å². The van der Waals surface area contributed by atoms with Crippen molar-refractivity contribution in [3.63, 3.8) is 0 Å². The molecule has 0 saturated heterocycles. The molecule has 6 heteroatoms. The number of hydrazone groups is 1. The summed E-state index contributed by atoms with van der Waals surface area (Å²) in [5.41, 5.74) is 4.86. The number of ether oxygens (including phenoxy) is 1. The van der Waals surface area contributed by atoms with E-state index in [0.717, 1.165) is 11.3 Å². The van der Waals surface area contributed by atoms with Gasteiger partial charge in [-0.05, 0) is 43.7 Å². The van der Waals surface area contributed by atoms with Crippen LogP contribution in [0.3, 0.4) is 0 Å². The van der Waals surface area contributed by atoms with Crippen molar-refractivity contribution >= 4 is 17.8 Å². The van der Waals surface area contributed by atoms with Crippen molar-refractivity contribution in [2.75, 3.05) is 12.4 Å². The van der Waals surface area contributed by atoms with E-state index in [0.29, 0.717) is 11.3 Å². The number of phenolic OH excluding ortho intramolecular Hbond substituents is 1. The zero-order valence-electron chi connectivity index (χ0n) is 13.9. The third kappa shape index (κ3) is 4.49. The number of carbonyl (C=O) groups is 1. The first-order valence-corrected chi connectivity index (χ1v) is 7.53. The minimum absolute atomic E-state index is 0.0554. The molecule has 2 aromatic rings. The molecule has 1 atom stereocenters. The van der Waals surface area contributed by atoms with Crippen molar-refractivity contribution < 1.29 is 14.6 Å². The maximum absolute atomic E-state index is 12.1. The highest BCUT2D eigenvalue weighted by Gasteiger charge is 2.12. The lowest BCUT2D eigenvalue weighted by molar-refractivity contribution is -0.121. The number of benzene rings is 2. The topological polar surface area (TPSA) is 83.0 Å². The highest BCUT2D eigenvalue weighted by atomic mass is 16.5. The maximum Gasteiger partial charge on any atom is 0.262 e. The van der Waals surface area contributed by atoms with E-state index >= 15 is 0 Å². The summed E-state index contributed by atoms with van der Waals surface area (Å²) in [4.78, 5) is 12.1. The van der Waals surface area contributed by atoms with Crippen LogP contribution in [0.2, 0.25) is 0 Å². The largest absolute Gasteiger partial charge is 0.507 e. The highest BCUT2D eigenvalue weighted by molar-refractivity contribution is 5.88. The van der Waals surface area contributed by atoms with Gasteiger partial charge in [-0.3, -0.25) is 4.79 Å². The van der Waals surface area contributed by atoms with Gasteiger partial charge in [-0.25, -0.2) is 5.43 Å². The number of amides is 1. The molecule has 24 heavy (non-hydrogen) atoms. The van der Waals surface area contributed by atoms with Crippen molar-refractivity contribution in [2.24, 2.45) is 5.10 Å². The van der Waals surface area contributed by atoms with E-state index in [-0.39, 0.29) is 11.7 Å². The molecule has 0 unspecified atom stereocenters. The Morgan fingerprint density at radius 2 is 2.04 bits per heavy atom. The summed E-state index contributed by atoms with van der Waals surface area (Å²) in [5.74, 6) is 0.368. The van der Waals surface area contributed by atoms with Gasteiger partial charge in [0.1, 0.15) is 17.5 Å². The third-order valence-corrected chi connectivity index (χ3v) is 3.52. The second-order valence-corrected chi connectivity index (χ2v) is 5.34. The summed E-state index contributed by atoms with van der Waals surface area (Å²) in [6.45, 7) is 3.72. The number of rotatable bonds is 6. The fourth-order valence-corrected chi connectivity index (χ4v) is 2.06. The van der Waals surface area contributed by atoms with Gasteiger partial charge in [-0.2, -0.15) is 5.10 Å². The zero-order valence-corrected chi connectivity index (χ0v) is 13.9. The smallest absolute Gasteiger partial charge is 0.262 e. The molecule has 6 nitrogen and oxygen atoms in total. The molecule has 0 fully saturated rings. The number of hydrogen-bond donors (Lipinski definition) is 3. The first-order chi connectivity index (χ1) is 11.5. The van der Waals surface area contributed by atoms with E-state index < -0.39 is 6.04 Å². The van der Waals surface area contributed by atoms with Gasteiger partial charge in [0.25, 0.3) is 5.91 Å². The van der Waals surface area contributed by atoms with Gasteiger partial charge in [-0.15, -0.1) is 0 Å². The Labute approximate surface area is 141 Å². The molecule has 0 aliphatic carbocycles. The lowest BCUT2D eigenvalue weighted by atomic mass is 10.2. The quantitative estimate of drug-likeness (QED) is 0.563. The van der Waals surface area contributed by atoms with Crippen molar-refractivity contribution in [3.05, 3.63) is 53.6 Å². The van der Waals surface area contributed by atoms with E-state index in [4.69, 9.17) is 4.74 Å². The van der Waals surface area contributed by atoms with Gasteiger partial charge < -0.3 is 15.2 Å². The summed E-state index contributed by atoms with van der Waals surface area (Å²) in [5, 5.41) is 16.8. The van der Waals surface area contributed by atoms with E-state index in [1.165, 1.54) is 19.4 Å². The Balaban J connectivity index is 1.96. The molecule has 2 rings (SSSR count). The predicted molar refractivity (Wildman–Crippen MR) is 94.7 cm³/mol. The van der Waals surface area contributed by atoms with Crippen LogP contribution >= 0.6 is 0 Å². The number of methoxy groups -OCH3 is 1. The van der Waals surface area contributed by atoms with Gasteiger partial charge in [0, 0.05) is 11.3 Å². The van der Waals surface area contributed by atoms with Crippen LogP contribution in [0.25, 0.3) is 0 Å². The van der Waals surface area contributed by atoms with Gasteiger partial charge in [0.15, 0.2) is 0 Å². The number of aryl methyl sites for hydroxylation is 1. The summed E-state index contributed by atoms with van der Waals surface area (Å²) in [7, 11) is 1.54. The molecule has 0 radical (unpaired) electrons. The van der Waals surface area contributed by atoms with Crippen LogP contribution in [0.15, 0.2) is 47.6 Å². The standard InChI is InChI=1S/C18H21N3O3/c1-12-6-4-5-7-16(12)20-13(2)18(23)21-19-11-14-10-15(24-3)8-9-17(14)22/h4-11,13,20,22H,1-3H3,(H,21,23)/b19-11-/t13-/m0/s1. The van der Waals surface area contributed by atoms with Crippen molar-refractivity contribution in [2.45, 2.75) is 19.9 Å². The summed E-state index contributed by atoms with van der Waals surface area (Å²) in [6, 6.07) is 12.0. The Morgan fingerprint density at radius 3 is 2.75 bits per heavy atom. The van der Waals surface area contributed by atoms with Crippen molar-refractivity contribution in [1.29, 1.82) is 0 Å². The van der Waals surface area contributed by atoms with Gasteiger partial charge >= 0.3 is 0 Å². The molecule has 0 bridgehead atoms. The molecular formula is C18H21N3O3. The number of aromatic hydroxyl groups is 1. The number of nitrogens with one attached hydrogen (secondary N) is 2. The van der Waals surface area contributed by atoms with Crippen LogP contribution in [0.5, 0.6) is 11.5 Å². The van der Waals surface area contributed by atoms with Gasteiger partial charge in [-0.1, -0.05) is 18.2 Å². The lowest BCUT2D eigenvalue weighted by Crippen LogP contribution is -2.35. The van der Waals surface area contributed by atoms with Crippen molar-refractivity contribution in [3.8, 4) is 11.5 Å². The fourth-order valence-electron chi connectivity index (χ4n) is 2.06. The van der Waals surface area contributed by atoms with E-state index in [1.54, 1.807) is 19.1 Å². The SMILES string of the molecule is COc1ccc(O)c(/C=N\NC(=O)[C@H](C)Nc2ccccc2C)c1. The summed E-state index contributed by atoms with van der Waals surface area (Å²) in [6.07, 6.45) is 1.37. The maximum atomic E-state index is 12.1. The second kappa shape index (κ2) is 8.01. The molecule has 126 valence electrons. The van der Waals surface area contributed by atoms with Gasteiger partial charge in [0.05, 0.1) is 13.3 Å². The average molecular weight is 327 g/mol. The Bertz CT molecular complexity index is 744. The molecule has 0 aliphatic heterocycles. The Kier molecular flexibility index (Phi) is 5.78. The van der Waals surface area contributed by atoms with Crippen LogP contribution in [0.1, 0.15) is 18.1 Å². The molecule has 2 aromatic carbocycles. The van der Waals surface area contributed by atoms with E-state index in [9.17, 15) is 9.90 Å². The summed E-state index contributed by atoms with van der Waals surface area (Å²) >= 11 is 0. The number of anilines is 1. The lowest BCUT2D eigenvalue weighted by Gasteiger charge is -2.15. The molecule has 0 saturated carbocycles. The molecular weight excluding hydrogens is 306 g/mol. The summed E-state index contributed by atoms with van der Waals surface area (Å²) < 4.78 is 5.08. The van der Waals surface area contributed by atoms with Crippen molar-refractivity contribution in [1.82, 2.24) is 5.43 Å². The first kappa shape index (κ1) is 17.3. The number of hydrogen-bond acceptors (Lipinski definition) is 5. The van der Waals surface area contributed by atoms with Gasteiger partial charge in [0.2, 0.25) is 0 Å². The van der Waals surface area contributed by atoms with Crippen LogP contribution in [0.4, 0.5) is 5.69 Å². The first-order valence-electron chi connectivity index (χ1n) is 7.53.